The van der Waals surface area contributed by atoms with Crippen LogP contribution in [0.15, 0.2) is 49.1 Å². The molecule has 4 heteroatoms. The quantitative estimate of drug-likeness (QED) is 0.813. The van der Waals surface area contributed by atoms with Crippen molar-refractivity contribution in [3.8, 4) is 5.75 Å². The Morgan fingerprint density at radius 3 is 2.58 bits per heavy atom. The van der Waals surface area contributed by atoms with Gasteiger partial charge < -0.3 is 15.4 Å². The molecule has 0 aromatic heterocycles. The molecule has 1 heterocycles. The Morgan fingerprint density at radius 1 is 1.25 bits per heavy atom. The average Bonchev–Trinajstić information content (AvgIpc) is 2.80. The largest absolute Gasteiger partial charge is 0.497 e. The maximum atomic E-state index is 12.9. The van der Waals surface area contributed by atoms with E-state index in [1.165, 1.54) is 0 Å². The molecule has 0 spiro atoms. The first-order valence-electron chi connectivity index (χ1n) is 7.96. The van der Waals surface area contributed by atoms with Crippen molar-refractivity contribution in [1.82, 2.24) is 0 Å². The lowest BCUT2D eigenvalue weighted by molar-refractivity contribution is -0.119. The summed E-state index contributed by atoms with van der Waals surface area (Å²) in [6.45, 7) is 7.93. The molecule has 3 rings (SSSR count). The molecule has 0 aliphatic carbocycles. The first kappa shape index (κ1) is 16.1. The van der Waals surface area contributed by atoms with Crippen LogP contribution in [0.5, 0.6) is 5.75 Å². The highest BCUT2D eigenvalue weighted by molar-refractivity contribution is 6.08. The molecule has 2 aromatic carbocycles. The van der Waals surface area contributed by atoms with E-state index in [9.17, 15) is 4.79 Å². The van der Waals surface area contributed by atoms with Crippen LogP contribution in [0.4, 0.5) is 11.4 Å². The fourth-order valence-electron chi connectivity index (χ4n) is 3.48. The normalized spacial score (nSPS) is 18.7. The molecule has 1 aliphatic heterocycles. The lowest BCUT2D eigenvalue weighted by Crippen LogP contribution is -2.42. The zero-order chi connectivity index (χ0) is 17.3. The molecule has 1 amide bonds. The molecule has 2 aromatic rings. The second-order valence-electron chi connectivity index (χ2n) is 6.21. The first-order chi connectivity index (χ1) is 11.5. The summed E-state index contributed by atoms with van der Waals surface area (Å²) in [5, 5.41) is 6.46. The zero-order valence-corrected chi connectivity index (χ0v) is 14.3. The van der Waals surface area contributed by atoms with Crippen molar-refractivity contribution in [3.63, 3.8) is 0 Å². The van der Waals surface area contributed by atoms with Crippen molar-refractivity contribution in [3.05, 3.63) is 65.7 Å². The van der Waals surface area contributed by atoms with E-state index < -0.39 is 5.54 Å². The molecule has 0 fully saturated rings. The molecule has 0 saturated heterocycles. The fourth-order valence-corrected chi connectivity index (χ4v) is 3.48. The van der Waals surface area contributed by atoms with E-state index >= 15 is 0 Å². The number of rotatable bonds is 5. The molecule has 0 saturated carbocycles. The van der Waals surface area contributed by atoms with Gasteiger partial charge in [-0.25, -0.2) is 0 Å². The van der Waals surface area contributed by atoms with Crippen LogP contribution in [0.3, 0.4) is 0 Å². The maximum absolute atomic E-state index is 12.9. The molecular formula is C20H22N2O2. The Bertz CT molecular complexity index is 796. The minimum absolute atomic E-state index is 0.0538. The van der Waals surface area contributed by atoms with Crippen molar-refractivity contribution in [2.75, 3.05) is 17.7 Å². The second-order valence-corrected chi connectivity index (χ2v) is 6.21. The van der Waals surface area contributed by atoms with E-state index in [0.717, 1.165) is 33.8 Å². The average molecular weight is 322 g/mol. The molecule has 124 valence electrons. The number of methoxy groups -OCH3 is 1. The Kier molecular flexibility index (Phi) is 4.06. The number of nitrogens with one attached hydrogen (secondary N) is 2. The third-order valence-electron chi connectivity index (χ3n) is 4.44. The molecule has 1 unspecified atom stereocenters. The number of anilines is 2. The van der Waals surface area contributed by atoms with E-state index in [2.05, 4.69) is 23.3 Å². The van der Waals surface area contributed by atoms with Gasteiger partial charge in [0.05, 0.1) is 7.11 Å². The number of ether oxygens (including phenoxy) is 1. The fraction of sp³-hybridized carbons (Fsp3) is 0.250. The number of amides is 1. The number of aryl methyl sites for hydroxylation is 2. The number of hydrogen-bond donors (Lipinski definition) is 2. The Labute approximate surface area is 142 Å². The third kappa shape index (κ3) is 2.54. The van der Waals surface area contributed by atoms with Gasteiger partial charge >= 0.3 is 0 Å². The molecule has 24 heavy (non-hydrogen) atoms. The van der Waals surface area contributed by atoms with Gasteiger partial charge in [0.15, 0.2) is 0 Å². The molecule has 0 radical (unpaired) electrons. The monoisotopic (exact) mass is 322 g/mol. The van der Waals surface area contributed by atoms with Gasteiger partial charge in [0.2, 0.25) is 0 Å². The van der Waals surface area contributed by atoms with E-state index in [0.29, 0.717) is 6.42 Å². The number of carbonyl (C=O) groups excluding carboxylic acids is 1. The van der Waals surface area contributed by atoms with Gasteiger partial charge in [-0.1, -0.05) is 12.1 Å². The summed E-state index contributed by atoms with van der Waals surface area (Å²) in [6, 6.07) is 11.7. The first-order valence-corrected chi connectivity index (χ1v) is 7.96. The van der Waals surface area contributed by atoms with Crippen molar-refractivity contribution in [2.45, 2.75) is 25.8 Å². The minimum atomic E-state index is -0.844. The predicted molar refractivity (Wildman–Crippen MR) is 97.7 cm³/mol. The van der Waals surface area contributed by atoms with Crippen molar-refractivity contribution in [1.29, 1.82) is 0 Å². The highest BCUT2D eigenvalue weighted by Crippen LogP contribution is 2.43. The van der Waals surface area contributed by atoms with E-state index in [-0.39, 0.29) is 5.91 Å². The maximum Gasteiger partial charge on any atom is 0.255 e. The minimum Gasteiger partial charge on any atom is -0.497 e. The Morgan fingerprint density at radius 2 is 1.96 bits per heavy atom. The van der Waals surface area contributed by atoms with Crippen LogP contribution < -0.4 is 15.4 Å². The third-order valence-corrected chi connectivity index (χ3v) is 4.44. The van der Waals surface area contributed by atoms with Gasteiger partial charge in [-0.05, 0) is 55.3 Å². The van der Waals surface area contributed by atoms with E-state index in [4.69, 9.17) is 4.74 Å². The molecular weight excluding hydrogens is 300 g/mol. The van der Waals surface area contributed by atoms with Crippen LogP contribution in [0.2, 0.25) is 0 Å². The number of carbonyl (C=O) groups is 1. The Balaban J connectivity index is 2.09. The van der Waals surface area contributed by atoms with Gasteiger partial charge in [0.1, 0.15) is 11.3 Å². The standard InChI is InChI=1S/C20H22N2O2/c1-5-10-20(22-15-6-8-16(24-4)9-7-15)18-14(3)11-13(2)12-17(18)21-19(20)23/h5-9,11-12,22H,1,10H2,2-4H3,(H,21,23). The number of hydrogen-bond acceptors (Lipinski definition) is 3. The van der Waals surface area contributed by atoms with Crippen LogP contribution in [0, 0.1) is 13.8 Å². The lowest BCUT2D eigenvalue weighted by Gasteiger charge is -2.30. The summed E-state index contributed by atoms with van der Waals surface area (Å²) >= 11 is 0. The summed E-state index contributed by atoms with van der Waals surface area (Å²) in [5.41, 5.74) is 4.11. The number of fused-ring (bicyclic) bond motifs is 1. The van der Waals surface area contributed by atoms with Crippen molar-refractivity contribution in [2.24, 2.45) is 0 Å². The van der Waals surface area contributed by atoms with E-state index in [1.807, 2.05) is 44.2 Å². The second kappa shape index (κ2) is 6.04. The lowest BCUT2D eigenvalue weighted by atomic mass is 9.84. The summed E-state index contributed by atoms with van der Waals surface area (Å²) in [5.74, 6) is 0.725. The van der Waals surface area contributed by atoms with Crippen molar-refractivity contribution < 1.29 is 9.53 Å². The molecule has 1 aliphatic rings. The van der Waals surface area contributed by atoms with Crippen LogP contribution in [0.1, 0.15) is 23.1 Å². The van der Waals surface area contributed by atoms with Crippen LogP contribution in [-0.2, 0) is 10.3 Å². The predicted octanol–water partition coefficient (Wildman–Crippen LogP) is 4.15. The van der Waals surface area contributed by atoms with E-state index in [1.54, 1.807) is 13.2 Å². The summed E-state index contributed by atoms with van der Waals surface area (Å²) < 4.78 is 5.20. The van der Waals surface area contributed by atoms with Gasteiger partial charge in [0.25, 0.3) is 5.91 Å². The summed E-state index contributed by atoms with van der Waals surface area (Å²) in [7, 11) is 1.63. The summed E-state index contributed by atoms with van der Waals surface area (Å²) in [4.78, 5) is 12.9. The van der Waals surface area contributed by atoms with Crippen LogP contribution >= 0.6 is 0 Å². The van der Waals surface area contributed by atoms with Gasteiger partial charge in [-0.15, -0.1) is 6.58 Å². The van der Waals surface area contributed by atoms with Crippen molar-refractivity contribution >= 4 is 17.3 Å². The van der Waals surface area contributed by atoms with Gasteiger partial charge in [-0.2, -0.15) is 0 Å². The molecule has 0 bridgehead atoms. The SMILES string of the molecule is C=CCC1(Nc2ccc(OC)cc2)C(=O)Nc2cc(C)cc(C)c21. The smallest absolute Gasteiger partial charge is 0.255 e. The molecule has 2 N–H and O–H groups in total. The van der Waals surface area contributed by atoms with Crippen LogP contribution in [-0.4, -0.2) is 13.0 Å². The van der Waals surface area contributed by atoms with Gasteiger partial charge in [0, 0.05) is 23.4 Å². The topological polar surface area (TPSA) is 50.4 Å². The zero-order valence-electron chi connectivity index (χ0n) is 14.3. The van der Waals surface area contributed by atoms with Gasteiger partial charge in [-0.3, -0.25) is 4.79 Å². The molecule has 4 nitrogen and oxygen atoms in total. The van der Waals surface area contributed by atoms with Crippen LogP contribution in [0.25, 0.3) is 0 Å². The highest BCUT2D eigenvalue weighted by Gasteiger charge is 2.47. The molecule has 1 atom stereocenters. The number of benzene rings is 2. The summed E-state index contributed by atoms with van der Waals surface area (Å²) in [6.07, 6.45) is 2.28. The Hall–Kier alpha value is -2.75. The highest BCUT2D eigenvalue weighted by atomic mass is 16.5.